The van der Waals surface area contributed by atoms with Crippen LogP contribution in [0.2, 0.25) is 0 Å². The molecule has 2 aromatic rings. The monoisotopic (exact) mass is 528 g/mol. The van der Waals surface area contributed by atoms with Crippen molar-refractivity contribution in [2.75, 3.05) is 0 Å². The number of ketones is 1. The van der Waals surface area contributed by atoms with Crippen LogP contribution >= 0.6 is 0 Å². The topological polar surface area (TPSA) is 51.1 Å². The SMILES string of the molecule is CC1=[O+]C(=[C-]c2ccccc2)c2ccccc21.[C-]#[O+].[C-]#[O+].[CH]1C=CC=C1.[Re]. The number of fused-ring (bicyclic) bond motifs is 1. The minimum absolute atomic E-state index is 0. The summed E-state index contributed by atoms with van der Waals surface area (Å²) < 4.78 is 20.8. The van der Waals surface area contributed by atoms with Crippen LogP contribution < -0.4 is 0 Å². The Hall–Kier alpha value is -2.53. The zero-order valence-corrected chi connectivity index (χ0v) is 17.4. The van der Waals surface area contributed by atoms with Crippen LogP contribution in [0, 0.1) is 25.8 Å². The molecule has 0 unspecified atom stereocenters. The molecular formula is C23H17O3Re. The molecule has 2 radical (unpaired) electrons. The Morgan fingerprint density at radius 1 is 0.741 bits per heavy atom. The molecule has 3 nitrogen and oxygen atoms in total. The molecule has 1 heterocycles. The van der Waals surface area contributed by atoms with E-state index in [-0.39, 0.29) is 20.4 Å². The van der Waals surface area contributed by atoms with Gasteiger partial charge in [-0.15, -0.1) is 29.8 Å². The third kappa shape index (κ3) is 7.71. The second-order valence-corrected chi connectivity index (χ2v) is 4.99. The molecule has 0 N–H and O–H groups in total. The van der Waals surface area contributed by atoms with E-state index in [2.05, 4.69) is 31.5 Å². The van der Waals surface area contributed by atoms with Crippen molar-refractivity contribution in [3.8, 4) is 0 Å². The number of hydrogen-bond acceptors (Lipinski definition) is 0. The van der Waals surface area contributed by atoms with Crippen LogP contribution in [0.1, 0.15) is 28.0 Å². The van der Waals surface area contributed by atoms with E-state index < -0.39 is 0 Å². The molecule has 0 saturated carbocycles. The van der Waals surface area contributed by atoms with Gasteiger partial charge in [0, 0.05) is 38.0 Å². The minimum Gasteiger partial charge on any atom is -0.0767 e. The molecule has 134 valence electrons. The molecule has 2 aliphatic rings. The fourth-order valence-electron chi connectivity index (χ4n) is 2.32. The third-order valence-electron chi connectivity index (χ3n) is 3.39. The van der Waals surface area contributed by atoms with Gasteiger partial charge in [-0.1, -0.05) is 54.6 Å². The molecule has 0 spiro atoms. The van der Waals surface area contributed by atoms with Crippen molar-refractivity contribution in [2.45, 2.75) is 6.92 Å². The Kier molecular flexibility index (Phi) is 13.3. The molecule has 2 aromatic carbocycles. The van der Waals surface area contributed by atoms with Crippen molar-refractivity contribution >= 4 is 11.5 Å². The van der Waals surface area contributed by atoms with Gasteiger partial charge >= 0.3 is 28.4 Å². The number of carbonyl (C=O) groups excluding carboxylic acids is 1. The van der Waals surface area contributed by atoms with Gasteiger partial charge in [0.05, 0.1) is 6.92 Å². The summed E-state index contributed by atoms with van der Waals surface area (Å²) in [5.74, 6) is 1.75. The summed E-state index contributed by atoms with van der Waals surface area (Å²) in [4.78, 5) is 0. The van der Waals surface area contributed by atoms with E-state index in [1.54, 1.807) is 0 Å². The van der Waals surface area contributed by atoms with Crippen LogP contribution in [-0.4, -0.2) is 5.78 Å². The van der Waals surface area contributed by atoms with Gasteiger partial charge in [0.25, 0.3) is 5.76 Å². The molecule has 27 heavy (non-hydrogen) atoms. The quantitative estimate of drug-likeness (QED) is 0.376. The predicted molar refractivity (Wildman–Crippen MR) is 99.1 cm³/mol. The standard InChI is InChI=1S/C16H12O.C5H5.2CO.Re/c1-12-14-9-5-6-10-15(14)16(17-12)11-13-7-3-2-4-8-13;1-2-4-5-3-1;2*1-2;/h2-10H,1H3;1-5H;;;. The molecule has 1 aliphatic carbocycles. The van der Waals surface area contributed by atoms with Crippen molar-refractivity contribution in [3.63, 3.8) is 0 Å². The zero-order chi connectivity index (χ0) is 19.2. The predicted octanol–water partition coefficient (Wildman–Crippen LogP) is 4.87. The molecule has 0 fully saturated rings. The third-order valence-corrected chi connectivity index (χ3v) is 3.39. The van der Waals surface area contributed by atoms with Gasteiger partial charge in [0.1, 0.15) is 0 Å². The van der Waals surface area contributed by atoms with Crippen molar-refractivity contribution in [1.82, 2.24) is 0 Å². The Labute approximate surface area is 173 Å². The Morgan fingerprint density at radius 2 is 1.26 bits per heavy atom. The van der Waals surface area contributed by atoms with E-state index >= 15 is 0 Å². The van der Waals surface area contributed by atoms with Crippen LogP contribution in [0.3, 0.4) is 0 Å². The first kappa shape index (κ1) is 24.5. The van der Waals surface area contributed by atoms with Gasteiger partial charge < -0.3 is 0 Å². The van der Waals surface area contributed by atoms with Gasteiger partial charge in [0.2, 0.25) is 0 Å². The van der Waals surface area contributed by atoms with E-state index in [0.717, 1.165) is 28.2 Å². The Balaban J connectivity index is 0.000000574. The first-order chi connectivity index (χ1) is 12.8. The normalized spacial score (nSPS) is 13.4. The molecular weight excluding hydrogens is 510 g/mol. The van der Waals surface area contributed by atoms with Crippen LogP contribution in [0.15, 0.2) is 78.9 Å². The zero-order valence-electron chi connectivity index (χ0n) is 14.7. The van der Waals surface area contributed by atoms with E-state index in [1.165, 1.54) is 0 Å². The van der Waals surface area contributed by atoms with Crippen molar-refractivity contribution in [1.29, 1.82) is 0 Å². The van der Waals surface area contributed by atoms with Crippen molar-refractivity contribution in [3.05, 3.63) is 121 Å². The Morgan fingerprint density at radius 3 is 1.78 bits per heavy atom. The second-order valence-electron chi connectivity index (χ2n) is 4.99. The number of allylic oxidation sites excluding steroid dienone is 4. The van der Waals surface area contributed by atoms with Crippen molar-refractivity contribution in [2.24, 2.45) is 0 Å². The second kappa shape index (κ2) is 14.6. The largest absolute Gasteiger partial charge is 0.0767 e. The van der Waals surface area contributed by atoms with Gasteiger partial charge in [-0.2, -0.15) is 0 Å². The minimum atomic E-state index is 0. The number of rotatable bonds is 1. The fourth-order valence-corrected chi connectivity index (χ4v) is 2.32. The molecule has 0 aromatic heterocycles. The van der Waals surface area contributed by atoms with E-state index in [1.807, 2.05) is 80.1 Å². The molecule has 0 bridgehead atoms. The van der Waals surface area contributed by atoms with Crippen LogP contribution in [0.5, 0.6) is 0 Å². The Bertz CT molecular complexity index is 841. The van der Waals surface area contributed by atoms with Gasteiger partial charge in [-0.25, -0.2) is 4.42 Å². The molecule has 0 atom stereocenters. The average molecular weight is 528 g/mol. The van der Waals surface area contributed by atoms with Crippen molar-refractivity contribution < 1.29 is 34.2 Å². The van der Waals surface area contributed by atoms with Crippen LogP contribution in [-0.2, 0) is 29.7 Å². The summed E-state index contributed by atoms with van der Waals surface area (Å²) in [7, 11) is 0. The summed E-state index contributed by atoms with van der Waals surface area (Å²) in [5, 5.41) is 0. The summed E-state index contributed by atoms with van der Waals surface area (Å²) >= 11 is 0. The molecule has 1 aliphatic heterocycles. The van der Waals surface area contributed by atoms with Gasteiger partial charge in [0.15, 0.2) is 0 Å². The van der Waals surface area contributed by atoms with Crippen LogP contribution in [0.25, 0.3) is 5.76 Å². The van der Waals surface area contributed by atoms with Crippen LogP contribution in [0.4, 0.5) is 0 Å². The molecule has 0 amide bonds. The maximum Gasteiger partial charge on any atom is 0.00506 e. The summed E-state index contributed by atoms with van der Waals surface area (Å²) in [6.45, 7) is 11.0. The first-order valence-corrected chi connectivity index (χ1v) is 7.72. The van der Waals surface area contributed by atoms with E-state index in [0.29, 0.717) is 0 Å². The summed E-state index contributed by atoms with van der Waals surface area (Å²) in [5.41, 5.74) is 3.31. The van der Waals surface area contributed by atoms with Gasteiger partial charge in [-0.3, -0.25) is 0 Å². The summed E-state index contributed by atoms with van der Waals surface area (Å²) in [6.07, 6.45) is 13.3. The number of benzene rings is 2. The summed E-state index contributed by atoms with van der Waals surface area (Å²) in [6, 6.07) is 18.2. The number of hydrogen-bond donors (Lipinski definition) is 0. The maximum absolute atomic E-state index is 7.50. The molecule has 0 saturated heterocycles. The fraction of sp³-hybridized carbons (Fsp3) is 0.0435. The maximum atomic E-state index is 7.50. The first-order valence-electron chi connectivity index (χ1n) is 7.72. The van der Waals surface area contributed by atoms with Gasteiger partial charge in [-0.05, 0) is 6.08 Å². The van der Waals surface area contributed by atoms with E-state index in [4.69, 9.17) is 13.7 Å². The average Bonchev–Trinajstić information content (AvgIpc) is 3.39. The smallest absolute Gasteiger partial charge is 0.00506 e. The molecule has 4 rings (SSSR count). The molecule has 4 heteroatoms. The van der Waals surface area contributed by atoms with E-state index in [9.17, 15) is 0 Å².